The number of likely N-dealkylation sites (N-methyl/N-ethyl adjacent to an activating group) is 1. The third kappa shape index (κ3) is 3.53. The summed E-state index contributed by atoms with van der Waals surface area (Å²) in [6.07, 6.45) is 0.777. The number of nitrogens with zero attached hydrogens (tertiary/aromatic N) is 3. The number of likely N-dealkylation sites (tertiary alicyclic amines) is 1. The van der Waals surface area contributed by atoms with Crippen LogP contribution in [0.3, 0.4) is 0 Å². The largest absolute Gasteiger partial charge is 0.337 e. The maximum absolute atomic E-state index is 13.7. The van der Waals surface area contributed by atoms with E-state index in [-0.39, 0.29) is 29.7 Å². The van der Waals surface area contributed by atoms with Gasteiger partial charge in [0.05, 0.1) is 12.1 Å². The number of carbonyl (C=O) groups is 2. The summed E-state index contributed by atoms with van der Waals surface area (Å²) in [5.74, 6) is -0.392. The second kappa shape index (κ2) is 7.26. The van der Waals surface area contributed by atoms with Crippen LogP contribution >= 0.6 is 0 Å². The summed E-state index contributed by atoms with van der Waals surface area (Å²) in [5.41, 5.74) is 3.21. The quantitative estimate of drug-likeness (QED) is 0.785. The van der Waals surface area contributed by atoms with Gasteiger partial charge >= 0.3 is 0 Å². The Labute approximate surface area is 170 Å². The van der Waals surface area contributed by atoms with E-state index in [2.05, 4.69) is 4.90 Å². The van der Waals surface area contributed by atoms with E-state index in [1.54, 1.807) is 17.0 Å². The number of benzene rings is 2. The Morgan fingerprint density at radius 2 is 1.86 bits per heavy atom. The van der Waals surface area contributed by atoms with Crippen LogP contribution < -0.4 is 4.90 Å². The standard InChI is InChI=1S/C23H26FN3O2/c1-16-7-8-18(11-17(16)2)22(29)26-10-9-23(14-26)15-27(21(28)13-25(23)3)20-6-4-5-19(24)12-20/h4-8,11-12H,9-10,13-15H2,1-3H3/t23-/m0/s1. The van der Waals surface area contributed by atoms with Crippen molar-refractivity contribution in [3.63, 3.8) is 0 Å². The Kier molecular flexibility index (Phi) is 4.90. The van der Waals surface area contributed by atoms with Crippen LogP contribution in [0.2, 0.25) is 0 Å². The number of carbonyl (C=O) groups excluding carboxylic acids is 2. The molecular formula is C23H26FN3O2. The Bertz CT molecular complexity index is 976. The summed E-state index contributed by atoms with van der Waals surface area (Å²) in [5, 5.41) is 0. The summed E-state index contributed by atoms with van der Waals surface area (Å²) in [6.45, 7) is 5.93. The average molecular weight is 395 g/mol. The molecule has 29 heavy (non-hydrogen) atoms. The average Bonchev–Trinajstić information content (AvgIpc) is 3.12. The molecule has 2 saturated heterocycles. The number of aryl methyl sites for hydroxylation is 2. The molecule has 2 aliphatic rings. The summed E-state index contributed by atoms with van der Waals surface area (Å²) in [4.78, 5) is 31.3. The number of amides is 2. The number of anilines is 1. The van der Waals surface area contributed by atoms with Gasteiger partial charge in [-0.1, -0.05) is 12.1 Å². The Hall–Kier alpha value is -2.73. The third-order valence-electron chi connectivity index (χ3n) is 6.43. The van der Waals surface area contributed by atoms with Crippen molar-refractivity contribution in [2.24, 2.45) is 0 Å². The van der Waals surface area contributed by atoms with Gasteiger partial charge in [-0.05, 0) is 68.8 Å². The maximum atomic E-state index is 13.7. The predicted octanol–water partition coefficient (Wildman–Crippen LogP) is 3.01. The molecule has 1 spiro atoms. The van der Waals surface area contributed by atoms with E-state index in [4.69, 9.17) is 0 Å². The van der Waals surface area contributed by atoms with Crippen LogP contribution in [-0.2, 0) is 4.79 Å². The van der Waals surface area contributed by atoms with E-state index in [0.29, 0.717) is 30.9 Å². The molecule has 0 aromatic heterocycles. The number of halogens is 1. The molecule has 2 amide bonds. The summed E-state index contributed by atoms with van der Waals surface area (Å²) >= 11 is 0. The molecule has 2 fully saturated rings. The van der Waals surface area contributed by atoms with Gasteiger partial charge in [-0.3, -0.25) is 14.5 Å². The van der Waals surface area contributed by atoms with E-state index in [9.17, 15) is 14.0 Å². The fraction of sp³-hybridized carbons (Fsp3) is 0.391. The second-order valence-electron chi connectivity index (χ2n) is 8.32. The minimum absolute atomic E-state index is 0.0209. The molecule has 2 aliphatic heterocycles. The molecule has 1 atom stereocenters. The van der Waals surface area contributed by atoms with Gasteiger partial charge in [-0.2, -0.15) is 0 Å². The highest BCUT2D eigenvalue weighted by atomic mass is 19.1. The van der Waals surface area contributed by atoms with E-state index in [0.717, 1.165) is 17.5 Å². The first-order valence-electron chi connectivity index (χ1n) is 9.93. The zero-order valence-corrected chi connectivity index (χ0v) is 17.1. The fourth-order valence-electron chi connectivity index (χ4n) is 4.37. The molecule has 152 valence electrons. The lowest BCUT2D eigenvalue weighted by Crippen LogP contribution is -2.64. The van der Waals surface area contributed by atoms with Crippen molar-refractivity contribution in [3.05, 3.63) is 65.0 Å². The summed E-state index contributed by atoms with van der Waals surface area (Å²) in [6, 6.07) is 11.9. The van der Waals surface area contributed by atoms with Crippen molar-refractivity contribution in [3.8, 4) is 0 Å². The van der Waals surface area contributed by atoms with E-state index in [1.165, 1.54) is 12.1 Å². The fourth-order valence-corrected chi connectivity index (χ4v) is 4.37. The molecule has 0 saturated carbocycles. The van der Waals surface area contributed by atoms with Crippen molar-refractivity contribution < 1.29 is 14.0 Å². The molecule has 2 aromatic carbocycles. The van der Waals surface area contributed by atoms with E-state index in [1.807, 2.05) is 44.0 Å². The smallest absolute Gasteiger partial charge is 0.253 e. The van der Waals surface area contributed by atoms with Crippen LogP contribution in [0.1, 0.15) is 27.9 Å². The van der Waals surface area contributed by atoms with Crippen LogP contribution in [-0.4, -0.2) is 60.4 Å². The normalized spacial score (nSPS) is 22.6. The molecule has 0 unspecified atom stereocenters. The Morgan fingerprint density at radius 1 is 1.07 bits per heavy atom. The minimum atomic E-state index is -0.360. The minimum Gasteiger partial charge on any atom is -0.337 e. The van der Waals surface area contributed by atoms with Crippen LogP contribution in [0.15, 0.2) is 42.5 Å². The molecule has 0 aliphatic carbocycles. The molecule has 4 rings (SSSR count). The molecule has 5 nitrogen and oxygen atoms in total. The first-order chi connectivity index (χ1) is 13.8. The first-order valence-corrected chi connectivity index (χ1v) is 9.93. The Morgan fingerprint density at radius 3 is 2.59 bits per heavy atom. The van der Waals surface area contributed by atoms with Crippen molar-refractivity contribution in [2.45, 2.75) is 25.8 Å². The van der Waals surface area contributed by atoms with Crippen molar-refractivity contribution in [2.75, 3.05) is 38.1 Å². The lowest BCUT2D eigenvalue weighted by Gasteiger charge is -2.46. The summed E-state index contributed by atoms with van der Waals surface area (Å²) < 4.78 is 13.7. The van der Waals surface area contributed by atoms with Gasteiger partial charge in [-0.15, -0.1) is 0 Å². The van der Waals surface area contributed by atoms with Gasteiger partial charge in [0.1, 0.15) is 5.82 Å². The molecule has 2 heterocycles. The van der Waals surface area contributed by atoms with Gasteiger partial charge in [0.25, 0.3) is 5.91 Å². The lowest BCUT2D eigenvalue weighted by atomic mass is 9.92. The molecule has 0 N–H and O–H groups in total. The predicted molar refractivity (Wildman–Crippen MR) is 111 cm³/mol. The molecule has 0 radical (unpaired) electrons. The van der Waals surface area contributed by atoms with Gasteiger partial charge < -0.3 is 9.80 Å². The van der Waals surface area contributed by atoms with Gasteiger partial charge in [0.15, 0.2) is 0 Å². The highest BCUT2D eigenvalue weighted by Gasteiger charge is 2.48. The lowest BCUT2D eigenvalue weighted by molar-refractivity contribution is -0.123. The molecule has 2 aromatic rings. The number of piperazine rings is 1. The highest BCUT2D eigenvalue weighted by molar-refractivity contribution is 5.97. The van der Waals surface area contributed by atoms with Crippen molar-refractivity contribution in [1.29, 1.82) is 0 Å². The maximum Gasteiger partial charge on any atom is 0.253 e. The monoisotopic (exact) mass is 395 g/mol. The van der Waals surface area contributed by atoms with Crippen LogP contribution in [0.4, 0.5) is 10.1 Å². The Balaban J connectivity index is 1.56. The second-order valence-corrected chi connectivity index (χ2v) is 8.32. The van der Waals surface area contributed by atoms with Gasteiger partial charge in [0.2, 0.25) is 5.91 Å². The zero-order chi connectivity index (χ0) is 20.8. The van der Waals surface area contributed by atoms with Crippen molar-refractivity contribution >= 4 is 17.5 Å². The SMILES string of the molecule is Cc1ccc(C(=O)N2CC[C@]3(C2)CN(c2cccc(F)c2)C(=O)CN3C)cc1C. The van der Waals surface area contributed by atoms with Gasteiger partial charge in [-0.25, -0.2) is 4.39 Å². The zero-order valence-electron chi connectivity index (χ0n) is 17.1. The topological polar surface area (TPSA) is 43.9 Å². The van der Waals surface area contributed by atoms with Gasteiger partial charge in [0, 0.05) is 30.9 Å². The number of hydrogen-bond donors (Lipinski definition) is 0. The number of rotatable bonds is 2. The van der Waals surface area contributed by atoms with Crippen LogP contribution in [0.5, 0.6) is 0 Å². The van der Waals surface area contributed by atoms with Crippen molar-refractivity contribution in [1.82, 2.24) is 9.80 Å². The highest BCUT2D eigenvalue weighted by Crippen LogP contribution is 2.34. The molecular weight excluding hydrogens is 369 g/mol. The molecule has 0 bridgehead atoms. The van der Waals surface area contributed by atoms with E-state index >= 15 is 0 Å². The van der Waals surface area contributed by atoms with E-state index < -0.39 is 0 Å². The summed E-state index contributed by atoms with van der Waals surface area (Å²) in [7, 11) is 1.94. The van der Waals surface area contributed by atoms with Crippen LogP contribution in [0, 0.1) is 19.7 Å². The third-order valence-corrected chi connectivity index (χ3v) is 6.43. The first kappa shape index (κ1) is 19.6. The number of hydrogen-bond acceptors (Lipinski definition) is 3. The van der Waals surface area contributed by atoms with Crippen LogP contribution in [0.25, 0.3) is 0 Å². The molecule has 6 heteroatoms.